The lowest BCUT2D eigenvalue weighted by molar-refractivity contribution is 0.313. The first-order valence-electron chi connectivity index (χ1n) is 5.59. The van der Waals surface area contributed by atoms with E-state index in [0.717, 1.165) is 30.0 Å². The van der Waals surface area contributed by atoms with Crippen LogP contribution in [-0.2, 0) is 0 Å². The third kappa shape index (κ3) is 2.88. The number of hydrogen-bond acceptors (Lipinski definition) is 2. The molecule has 0 fully saturated rings. The zero-order chi connectivity index (χ0) is 11.4. The van der Waals surface area contributed by atoms with E-state index in [2.05, 4.69) is 20.8 Å². The lowest BCUT2D eigenvalue weighted by atomic mass is 9.99. The van der Waals surface area contributed by atoms with Crippen LogP contribution in [0.4, 0.5) is 5.69 Å². The van der Waals surface area contributed by atoms with Crippen LogP contribution in [0.15, 0.2) is 12.1 Å². The van der Waals surface area contributed by atoms with Crippen LogP contribution in [0.25, 0.3) is 0 Å². The summed E-state index contributed by atoms with van der Waals surface area (Å²) in [5.41, 5.74) is 9.04. The fraction of sp³-hybridized carbons (Fsp3) is 0.538. The van der Waals surface area contributed by atoms with Crippen molar-refractivity contribution < 1.29 is 4.74 Å². The van der Waals surface area contributed by atoms with E-state index in [4.69, 9.17) is 10.5 Å². The summed E-state index contributed by atoms with van der Waals surface area (Å²) in [6, 6.07) is 4.07. The normalized spacial score (nSPS) is 10.7. The molecule has 0 aliphatic rings. The first-order chi connectivity index (χ1) is 7.06. The van der Waals surface area contributed by atoms with Crippen molar-refractivity contribution in [2.24, 2.45) is 0 Å². The molecule has 2 nitrogen and oxygen atoms in total. The van der Waals surface area contributed by atoms with Crippen molar-refractivity contribution in [3.8, 4) is 5.75 Å². The molecule has 0 aliphatic carbocycles. The standard InChI is InChI=1S/C13H21NO/c1-5-6-15-13-7-10(4)12(14)8-11(13)9(2)3/h7-9H,5-6,14H2,1-4H3. The SMILES string of the molecule is CCCOc1cc(C)c(N)cc1C(C)C. The quantitative estimate of drug-likeness (QED) is 0.767. The predicted molar refractivity (Wildman–Crippen MR) is 65.5 cm³/mol. The van der Waals surface area contributed by atoms with E-state index >= 15 is 0 Å². The Balaban J connectivity index is 3.04. The van der Waals surface area contributed by atoms with Gasteiger partial charge in [0.1, 0.15) is 5.75 Å². The average molecular weight is 207 g/mol. The fourth-order valence-electron chi connectivity index (χ4n) is 1.50. The highest BCUT2D eigenvalue weighted by atomic mass is 16.5. The van der Waals surface area contributed by atoms with Gasteiger partial charge >= 0.3 is 0 Å². The summed E-state index contributed by atoms with van der Waals surface area (Å²) in [5.74, 6) is 1.43. The van der Waals surface area contributed by atoms with Gasteiger partial charge < -0.3 is 10.5 Å². The highest BCUT2D eigenvalue weighted by Gasteiger charge is 2.10. The van der Waals surface area contributed by atoms with E-state index < -0.39 is 0 Å². The van der Waals surface area contributed by atoms with Crippen LogP contribution in [0.5, 0.6) is 5.75 Å². The van der Waals surface area contributed by atoms with Gasteiger partial charge in [-0.3, -0.25) is 0 Å². The summed E-state index contributed by atoms with van der Waals surface area (Å²) in [4.78, 5) is 0. The third-order valence-electron chi connectivity index (χ3n) is 2.48. The van der Waals surface area contributed by atoms with Gasteiger partial charge in [0.15, 0.2) is 0 Å². The molecule has 0 atom stereocenters. The molecule has 0 aromatic heterocycles. The molecule has 0 unspecified atom stereocenters. The molecule has 1 aromatic rings. The third-order valence-corrected chi connectivity index (χ3v) is 2.48. The maximum Gasteiger partial charge on any atom is 0.123 e. The molecular formula is C13H21NO. The smallest absolute Gasteiger partial charge is 0.123 e. The summed E-state index contributed by atoms with van der Waals surface area (Å²) in [6.45, 7) is 9.20. The molecule has 2 heteroatoms. The molecule has 84 valence electrons. The molecule has 1 rings (SSSR count). The molecular weight excluding hydrogens is 186 g/mol. The number of nitrogen functional groups attached to an aromatic ring is 1. The second-order valence-corrected chi connectivity index (χ2v) is 4.25. The van der Waals surface area contributed by atoms with Gasteiger partial charge in [-0.1, -0.05) is 20.8 Å². The minimum absolute atomic E-state index is 0.444. The lowest BCUT2D eigenvalue weighted by Crippen LogP contribution is -2.02. The first kappa shape index (κ1) is 11.9. The van der Waals surface area contributed by atoms with Gasteiger partial charge in [-0.2, -0.15) is 0 Å². The van der Waals surface area contributed by atoms with Crippen LogP contribution in [0.1, 0.15) is 44.2 Å². The van der Waals surface area contributed by atoms with Crippen LogP contribution >= 0.6 is 0 Å². The van der Waals surface area contributed by atoms with Gasteiger partial charge in [-0.05, 0) is 42.5 Å². The Bertz CT molecular complexity index is 332. The molecule has 0 spiro atoms. The lowest BCUT2D eigenvalue weighted by Gasteiger charge is -2.15. The molecule has 0 aliphatic heterocycles. The minimum atomic E-state index is 0.444. The van der Waals surface area contributed by atoms with Crippen molar-refractivity contribution >= 4 is 5.69 Å². The summed E-state index contributed by atoms with van der Waals surface area (Å²) < 4.78 is 5.73. The molecule has 0 bridgehead atoms. The minimum Gasteiger partial charge on any atom is -0.493 e. The number of rotatable bonds is 4. The Labute approximate surface area is 92.4 Å². The van der Waals surface area contributed by atoms with E-state index in [9.17, 15) is 0 Å². The second-order valence-electron chi connectivity index (χ2n) is 4.25. The zero-order valence-electron chi connectivity index (χ0n) is 10.1. The van der Waals surface area contributed by atoms with E-state index in [1.54, 1.807) is 0 Å². The molecule has 0 heterocycles. The van der Waals surface area contributed by atoms with Crippen molar-refractivity contribution in [2.75, 3.05) is 12.3 Å². The fourth-order valence-corrected chi connectivity index (χ4v) is 1.50. The number of anilines is 1. The van der Waals surface area contributed by atoms with Crippen molar-refractivity contribution in [1.82, 2.24) is 0 Å². The Morgan fingerprint density at radius 2 is 2.00 bits per heavy atom. The number of aryl methyl sites for hydroxylation is 1. The summed E-state index contributed by atoms with van der Waals surface area (Å²) in [7, 11) is 0. The van der Waals surface area contributed by atoms with Crippen molar-refractivity contribution in [1.29, 1.82) is 0 Å². The van der Waals surface area contributed by atoms with E-state index in [-0.39, 0.29) is 0 Å². The Hall–Kier alpha value is -1.18. The molecule has 15 heavy (non-hydrogen) atoms. The van der Waals surface area contributed by atoms with Crippen LogP contribution in [0, 0.1) is 6.92 Å². The number of benzene rings is 1. The van der Waals surface area contributed by atoms with E-state index in [1.165, 1.54) is 5.56 Å². The number of ether oxygens (including phenoxy) is 1. The first-order valence-corrected chi connectivity index (χ1v) is 5.59. The monoisotopic (exact) mass is 207 g/mol. The van der Waals surface area contributed by atoms with Gasteiger partial charge in [0.05, 0.1) is 6.61 Å². The van der Waals surface area contributed by atoms with E-state index in [0.29, 0.717) is 5.92 Å². The average Bonchev–Trinajstić information content (AvgIpc) is 2.19. The topological polar surface area (TPSA) is 35.2 Å². The van der Waals surface area contributed by atoms with Crippen molar-refractivity contribution in [2.45, 2.75) is 40.0 Å². The summed E-state index contributed by atoms with van der Waals surface area (Å²) >= 11 is 0. The predicted octanol–water partition coefficient (Wildman–Crippen LogP) is 3.49. The van der Waals surface area contributed by atoms with Gasteiger partial charge in [-0.25, -0.2) is 0 Å². The maximum atomic E-state index is 5.90. The number of hydrogen-bond donors (Lipinski definition) is 1. The molecule has 0 saturated heterocycles. The molecule has 0 saturated carbocycles. The molecule has 0 radical (unpaired) electrons. The van der Waals surface area contributed by atoms with Crippen LogP contribution in [-0.4, -0.2) is 6.61 Å². The Kier molecular flexibility index (Phi) is 4.01. The highest BCUT2D eigenvalue weighted by Crippen LogP contribution is 2.30. The van der Waals surface area contributed by atoms with E-state index in [1.807, 2.05) is 19.1 Å². The van der Waals surface area contributed by atoms with Gasteiger partial charge in [-0.15, -0.1) is 0 Å². The Morgan fingerprint density at radius 3 is 2.53 bits per heavy atom. The van der Waals surface area contributed by atoms with Crippen LogP contribution in [0.2, 0.25) is 0 Å². The maximum absolute atomic E-state index is 5.90. The second kappa shape index (κ2) is 5.06. The molecule has 0 amide bonds. The number of nitrogens with two attached hydrogens (primary N) is 1. The van der Waals surface area contributed by atoms with Crippen LogP contribution < -0.4 is 10.5 Å². The molecule has 1 aromatic carbocycles. The molecule has 2 N–H and O–H groups in total. The van der Waals surface area contributed by atoms with Gasteiger partial charge in [0.2, 0.25) is 0 Å². The zero-order valence-corrected chi connectivity index (χ0v) is 10.1. The largest absolute Gasteiger partial charge is 0.493 e. The van der Waals surface area contributed by atoms with Crippen molar-refractivity contribution in [3.05, 3.63) is 23.3 Å². The van der Waals surface area contributed by atoms with Gasteiger partial charge in [0.25, 0.3) is 0 Å². The Morgan fingerprint density at radius 1 is 1.33 bits per heavy atom. The van der Waals surface area contributed by atoms with Crippen LogP contribution in [0.3, 0.4) is 0 Å². The van der Waals surface area contributed by atoms with Gasteiger partial charge in [0, 0.05) is 5.69 Å². The van der Waals surface area contributed by atoms with Crippen molar-refractivity contribution in [3.63, 3.8) is 0 Å². The highest BCUT2D eigenvalue weighted by molar-refractivity contribution is 5.55. The summed E-state index contributed by atoms with van der Waals surface area (Å²) in [5, 5.41) is 0. The summed E-state index contributed by atoms with van der Waals surface area (Å²) in [6.07, 6.45) is 1.03.